The van der Waals surface area contributed by atoms with Gasteiger partial charge in [-0.25, -0.2) is 0 Å². The van der Waals surface area contributed by atoms with E-state index in [0.29, 0.717) is 12.1 Å². The second-order valence-electron chi connectivity index (χ2n) is 4.29. The van der Waals surface area contributed by atoms with E-state index in [0.717, 1.165) is 16.8 Å². The number of nitrogens with one attached hydrogen (secondary N) is 1. The molecule has 0 saturated carbocycles. The number of hydrogen-bond donors (Lipinski definition) is 1. The molecule has 2 aromatic rings. The van der Waals surface area contributed by atoms with E-state index in [1.807, 2.05) is 42.5 Å². The van der Waals surface area contributed by atoms with Gasteiger partial charge in [0.1, 0.15) is 5.78 Å². The van der Waals surface area contributed by atoms with E-state index >= 15 is 0 Å². The minimum absolute atomic E-state index is 0.0962. The fourth-order valence-electron chi connectivity index (χ4n) is 1.83. The summed E-state index contributed by atoms with van der Waals surface area (Å²) in [5.74, 6) is 0.0962. The third-order valence-electron chi connectivity index (χ3n) is 2.78. The Labute approximate surface area is 112 Å². The van der Waals surface area contributed by atoms with Gasteiger partial charge in [-0.1, -0.05) is 30.3 Å². The zero-order valence-electron chi connectivity index (χ0n) is 10.7. The van der Waals surface area contributed by atoms with Gasteiger partial charge in [-0.3, -0.25) is 4.79 Å². The van der Waals surface area contributed by atoms with Crippen LogP contribution in [0.2, 0.25) is 0 Å². The highest BCUT2D eigenvalue weighted by Gasteiger charge is 2.03. The Bertz CT molecular complexity index is 624. The number of benzene rings is 2. The molecule has 1 N–H and O–H groups in total. The van der Waals surface area contributed by atoms with E-state index in [1.54, 1.807) is 13.0 Å². The highest BCUT2D eigenvalue weighted by molar-refractivity contribution is 5.80. The lowest BCUT2D eigenvalue weighted by atomic mass is 10.0. The Kier molecular flexibility index (Phi) is 3.94. The summed E-state index contributed by atoms with van der Waals surface area (Å²) in [5, 5.41) is 12.1. The quantitative estimate of drug-likeness (QED) is 0.906. The summed E-state index contributed by atoms with van der Waals surface area (Å²) in [6, 6.07) is 17.4. The van der Waals surface area contributed by atoms with Gasteiger partial charge in [-0.05, 0) is 36.2 Å². The van der Waals surface area contributed by atoms with Crippen molar-refractivity contribution in [2.24, 2.45) is 0 Å². The number of anilines is 1. The van der Waals surface area contributed by atoms with Gasteiger partial charge < -0.3 is 5.32 Å². The molecule has 0 aliphatic heterocycles. The first-order valence-electron chi connectivity index (χ1n) is 6.03. The molecular formula is C16H14N2O. The predicted octanol–water partition coefficient (Wildman–Crippen LogP) is 3.23. The van der Waals surface area contributed by atoms with E-state index in [1.165, 1.54) is 0 Å². The summed E-state index contributed by atoms with van der Waals surface area (Å²) < 4.78 is 0. The zero-order valence-corrected chi connectivity index (χ0v) is 10.7. The van der Waals surface area contributed by atoms with Crippen molar-refractivity contribution >= 4 is 11.5 Å². The van der Waals surface area contributed by atoms with E-state index in [2.05, 4.69) is 11.4 Å². The predicted molar refractivity (Wildman–Crippen MR) is 75.8 cm³/mol. The standard InChI is InChI=1S/C16H14N2O/c1-12(19)11-18-15-8-6-13(7-9-15)16-5-3-2-4-14(16)10-17/h2-9,18H,11H2,1H3. The molecule has 0 atom stereocenters. The second kappa shape index (κ2) is 5.83. The number of rotatable bonds is 4. The van der Waals surface area contributed by atoms with Crippen LogP contribution < -0.4 is 5.32 Å². The van der Waals surface area contributed by atoms with Gasteiger partial charge in [0.2, 0.25) is 0 Å². The number of Topliss-reactive ketones (excluding diaryl/α,β-unsaturated/α-hetero) is 1. The van der Waals surface area contributed by atoms with Crippen molar-refractivity contribution in [1.29, 1.82) is 5.26 Å². The number of carbonyl (C=O) groups excluding carboxylic acids is 1. The maximum atomic E-state index is 10.9. The van der Waals surface area contributed by atoms with Crippen molar-refractivity contribution in [2.45, 2.75) is 6.92 Å². The molecule has 0 aliphatic carbocycles. The summed E-state index contributed by atoms with van der Waals surface area (Å²) in [6.45, 7) is 1.87. The van der Waals surface area contributed by atoms with Crippen molar-refractivity contribution in [1.82, 2.24) is 0 Å². The van der Waals surface area contributed by atoms with Crippen LogP contribution in [0.5, 0.6) is 0 Å². The van der Waals surface area contributed by atoms with Gasteiger partial charge in [0.05, 0.1) is 18.2 Å². The lowest BCUT2D eigenvalue weighted by Crippen LogP contribution is -2.09. The summed E-state index contributed by atoms with van der Waals surface area (Å²) in [4.78, 5) is 10.9. The second-order valence-corrected chi connectivity index (χ2v) is 4.29. The molecule has 2 aromatic carbocycles. The molecule has 0 radical (unpaired) electrons. The van der Waals surface area contributed by atoms with Crippen LogP contribution in [-0.2, 0) is 4.79 Å². The van der Waals surface area contributed by atoms with E-state index in [9.17, 15) is 4.79 Å². The molecule has 0 saturated heterocycles. The van der Waals surface area contributed by atoms with Gasteiger partial charge in [-0.15, -0.1) is 0 Å². The van der Waals surface area contributed by atoms with E-state index < -0.39 is 0 Å². The molecule has 0 amide bonds. The fourth-order valence-corrected chi connectivity index (χ4v) is 1.83. The van der Waals surface area contributed by atoms with E-state index in [-0.39, 0.29) is 5.78 Å². The summed E-state index contributed by atoms with van der Waals surface area (Å²) in [5.41, 5.74) is 3.47. The Hall–Kier alpha value is -2.60. The molecule has 0 fully saturated rings. The number of nitriles is 1. The number of hydrogen-bond acceptors (Lipinski definition) is 3. The molecular weight excluding hydrogens is 236 g/mol. The first-order valence-corrected chi connectivity index (χ1v) is 6.03. The summed E-state index contributed by atoms with van der Waals surface area (Å²) >= 11 is 0. The topological polar surface area (TPSA) is 52.9 Å². The van der Waals surface area contributed by atoms with E-state index in [4.69, 9.17) is 5.26 Å². The lowest BCUT2D eigenvalue weighted by molar-refractivity contribution is -0.115. The minimum Gasteiger partial charge on any atom is -0.378 e. The van der Waals surface area contributed by atoms with Crippen LogP contribution in [0.25, 0.3) is 11.1 Å². The maximum Gasteiger partial charge on any atom is 0.148 e. The average molecular weight is 250 g/mol. The summed E-state index contributed by atoms with van der Waals surface area (Å²) in [6.07, 6.45) is 0. The monoisotopic (exact) mass is 250 g/mol. The third kappa shape index (κ3) is 3.20. The molecule has 0 aliphatic rings. The first kappa shape index (κ1) is 12.8. The molecule has 0 heterocycles. The summed E-state index contributed by atoms with van der Waals surface area (Å²) in [7, 11) is 0. The van der Waals surface area contributed by atoms with Crippen molar-refractivity contribution < 1.29 is 4.79 Å². The van der Waals surface area contributed by atoms with Gasteiger partial charge in [-0.2, -0.15) is 5.26 Å². The molecule has 0 unspecified atom stereocenters. The zero-order chi connectivity index (χ0) is 13.7. The molecule has 3 nitrogen and oxygen atoms in total. The van der Waals surface area contributed by atoms with Crippen LogP contribution in [0.15, 0.2) is 48.5 Å². The van der Waals surface area contributed by atoms with Crippen molar-refractivity contribution in [3.05, 3.63) is 54.1 Å². The van der Waals surface area contributed by atoms with Crippen LogP contribution in [0.1, 0.15) is 12.5 Å². The van der Waals surface area contributed by atoms with Gasteiger partial charge in [0.15, 0.2) is 0 Å². The van der Waals surface area contributed by atoms with Gasteiger partial charge >= 0.3 is 0 Å². The maximum absolute atomic E-state index is 10.9. The SMILES string of the molecule is CC(=O)CNc1ccc(-c2ccccc2C#N)cc1. The number of nitrogens with zero attached hydrogens (tertiary/aromatic N) is 1. The van der Waals surface area contributed by atoms with Crippen molar-refractivity contribution in [2.75, 3.05) is 11.9 Å². The van der Waals surface area contributed by atoms with Gasteiger partial charge in [0, 0.05) is 5.69 Å². The minimum atomic E-state index is 0.0962. The number of carbonyl (C=O) groups is 1. The average Bonchev–Trinajstić information content (AvgIpc) is 2.45. The van der Waals surface area contributed by atoms with Crippen molar-refractivity contribution in [3.63, 3.8) is 0 Å². The van der Waals surface area contributed by atoms with Crippen molar-refractivity contribution in [3.8, 4) is 17.2 Å². The Morgan fingerprint density at radius 1 is 1.16 bits per heavy atom. The van der Waals surface area contributed by atoms with Crippen LogP contribution >= 0.6 is 0 Å². The smallest absolute Gasteiger partial charge is 0.148 e. The molecule has 2 rings (SSSR count). The van der Waals surface area contributed by atoms with Crippen LogP contribution in [0, 0.1) is 11.3 Å². The molecule has 0 aromatic heterocycles. The highest BCUT2D eigenvalue weighted by Crippen LogP contribution is 2.24. The first-order chi connectivity index (χ1) is 9.20. The highest BCUT2D eigenvalue weighted by atomic mass is 16.1. The normalized spacial score (nSPS) is 9.68. The van der Waals surface area contributed by atoms with Crippen LogP contribution in [0.3, 0.4) is 0 Å². The Morgan fingerprint density at radius 3 is 2.47 bits per heavy atom. The molecule has 94 valence electrons. The largest absolute Gasteiger partial charge is 0.378 e. The molecule has 3 heteroatoms. The molecule has 0 spiro atoms. The van der Waals surface area contributed by atoms with Crippen LogP contribution in [-0.4, -0.2) is 12.3 Å². The lowest BCUT2D eigenvalue weighted by Gasteiger charge is -2.07. The molecule has 0 bridgehead atoms. The Balaban J connectivity index is 2.23. The number of ketones is 1. The molecule has 19 heavy (non-hydrogen) atoms. The van der Waals surface area contributed by atoms with Crippen LogP contribution in [0.4, 0.5) is 5.69 Å². The fraction of sp³-hybridized carbons (Fsp3) is 0.125. The third-order valence-corrected chi connectivity index (χ3v) is 2.78. The van der Waals surface area contributed by atoms with Gasteiger partial charge in [0.25, 0.3) is 0 Å². The Morgan fingerprint density at radius 2 is 1.84 bits per heavy atom.